The minimum Gasteiger partial charge on any atom is -0.505 e. The fourth-order valence-corrected chi connectivity index (χ4v) is 3.66. The highest BCUT2D eigenvalue weighted by molar-refractivity contribution is 6.04. The van der Waals surface area contributed by atoms with Gasteiger partial charge >= 0.3 is 0 Å². The molecule has 10 nitrogen and oxygen atoms in total. The van der Waals surface area contributed by atoms with Crippen LogP contribution in [0.15, 0.2) is 59.4 Å². The van der Waals surface area contributed by atoms with Crippen molar-refractivity contribution in [1.82, 2.24) is 19.6 Å². The van der Waals surface area contributed by atoms with Gasteiger partial charge in [0.25, 0.3) is 17.4 Å². The SMILES string of the molecule is COc1ccccc1-n1nc(C(=O)Nc2ccc(C(=O)N3CCN(C)CC3)cc2)c(O)cc1=O. The molecule has 10 heteroatoms. The van der Waals surface area contributed by atoms with Crippen molar-refractivity contribution in [2.45, 2.75) is 0 Å². The molecule has 0 aliphatic carbocycles. The summed E-state index contributed by atoms with van der Waals surface area (Å²) in [7, 11) is 3.48. The molecule has 2 heterocycles. The number of ether oxygens (including phenoxy) is 1. The van der Waals surface area contributed by atoms with E-state index in [1.807, 2.05) is 7.05 Å². The van der Waals surface area contributed by atoms with Crippen LogP contribution in [0.2, 0.25) is 0 Å². The van der Waals surface area contributed by atoms with Crippen LogP contribution in [0.3, 0.4) is 0 Å². The zero-order valence-corrected chi connectivity index (χ0v) is 18.9. The zero-order valence-electron chi connectivity index (χ0n) is 18.9. The molecule has 176 valence electrons. The Labute approximate surface area is 196 Å². The first-order valence-electron chi connectivity index (χ1n) is 10.7. The van der Waals surface area contributed by atoms with Gasteiger partial charge in [-0.25, -0.2) is 0 Å². The van der Waals surface area contributed by atoms with Gasteiger partial charge in [0.15, 0.2) is 11.4 Å². The number of aromatic nitrogens is 2. The molecule has 2 aromatic carbocycles. The van der Waals surface area contributed by atoms with Gasteiger partial charge in [0.1, 0.15) is 11.4 Å². The molecule has 1 fully saturated rings. The molecule has 34 heavy (non-hydrogen) atoms. The van der Waals surface area contributed by atoms with Crippen LogP contribution in [0.1, 0.15) is 20.8 Å². The van der Waals surface area contributed by atoms with Crippen LogP contribution in [0.4, 0.5) is 5.69 Å². The molecule has 4 rings (SSSR count). The van der Waals surface area contributed by atoms with E-state index in [0.29, 0.717) is 35.8 Å². The number of methoxy groups -OCH3 is 1. The Morgan fingerprint density at radius 1 is 1.03 bits per heavy atom. The summed E-state index contributed by atoms with van der Waals surface area (Å²) in [4.78, 5) is 41.9. The van der Waals surface area contributed by atoms with Crippen LogP contribution in [0.25, 0.3) is 5.69 Å². The molecule has 1 aliphatic rings. The van der Waals surface area contributed by atoms with E-state index in [4.69, 9.17) is 4.74 Å². The van der Waals surface area contributed by atoms with Crippen LogP contribution in [0.5, 0.6) is 11.5 Å². The van der Waals surface area contributed by atoms with E-state index in [0.717, 1.165) is 23.8 Å². The Bertz CT molecular complexity index is 1260. The Balaban J connectivity index is 1.53. The molecule has 2 N–H and O–H groups in total. The van der Waals surface area contributed by atoms with E-state index in [-0.39, 0.29) is 11.6 Å². The van der Waals surface area contributed by atoms with E-state index in [1.165, 1.54) is 7.11 Å². The maximum absolute atomic E-state index is 12.8. The number of carbonyl (C=O) groups is 2. The van der Waals surface area contributed by atoms with Crippen molar-refractivity contribution in [3.05, 3.63) is 76.2 Å². The fraction of sp³-hybridized carbons (Fsp3) is 0.250. The van der Waals surface area contributed by atoms with Crippen molar-refractivity contribution in [2.24, 2.45) is 0 Å². The van der Waals surface area contributed by atoms with Crippen molar-refractivity contribution in [3.63, 3.8) is 0 Å². The van der Waals surface area contributed by atoms with Gasteiger partial charge in [0.05, 0.1) is 7.11 Å². The van der Waals surface area contributed by atoms with E-state index in [1.54, 1.807) is 53.4 Å². The second-order valence-corrected chi connectivity index (χ2v) is 7.93. The Morgan fingerprint density at radius 3 is 2.38 bits per heavy atom. The number of aromatic hydroxyl groups is 1. The summed E-state index contributed by atoms with van der Waals surface area (Å²) < 4.78 is 6.26. The number of nitrogens with one attached hydrogen (secondary N) is 1. The van der Waals surface area contributed by atoms with Crippen LogP contribution in [-0.4, -0.2) is 76.8 Å². The van der Waals surface area contributed by atoms with Crippen molar-refractivity contribution in [1.29, 1.82) is 0 Å². The largest absolute Gasteiger partial charge is 0.505 e. The summed E-state index contributed by atoms with van der Waals surface area (Å²) in [5.74, 6) is -0.932. The monoisotopic (exact) mass is 463 g/mol. The van der Waals surface area contributed by atoms with Gasteiger partial charge in [-0.05, 0) is 43.4 Å². The summed E-state index contributed by atoms with van der Waals surface area (Å²) in [6, 6.07) is 14.1. The Hall–Kier alpha value is -4.18. The third kappa shape index (κ3) is 4.76. The van der Waals surface area contributed by atoms with Crippen LogP contribution >= 0.6 is 0 Å². The molecule has 0 radical (unpaired) electrons. The van der Waals surface area contributed by atoms with Gasteiger partial charge in [0, 0.05) is 43.5 Å². The number of anilines is 1. The molecular weight excluding hydrogens is 438 g/mol. The summed E-state index contributed by atoms with van der Waals surface area (Å²) >= 11 is 0. The average molecular weight is 463 g/mol. The Kier molecular flexibility index (Phi) is 6.60. The fourth-order valence-electron chi connectivity index (χ4n) is 3.66. The highest BCUT2D eigenvalue weighted by Crippen LogP contribution is 2.22. The lowest BCUT2D eigenvalue weighted by Crippen LogP contribution is -2.47. The lowest BCUT2D eigenvalue weighted by Gasteiger charge is -2.32. The van der Waals surface area contributed by atoms with Crippen molar-refractivity contribution in [2.75, 3.05) is 45.7 Å². The molecular formula is C24H25N5O5. The maximum atomic E-state index is 12.8. The summed E-state index contributed by atoms with van der Waals surface area (Å²) in [5, 5.41) is 16.9. The first-order chi connectivity index (χ1) is 16.4. The molecule has 1 saturated heterocycles. The third-order valence-corrected chi connectivity index (χ3v) is 5.62. The van der Waals surface area contributed by atoms with Gasteiger partial charge in [0.2, 0.25) is 0 Å². The minimum absolute atomic E-state index is 0.0610. The van der Waals surface area contributed by atoms with Crippen LogP contribution in [-0.2, 0) is 0 Å². The van der Waals surface area contributed by atoms with Gasteiger partial charge in [-0.2, -0.15) is 9.78 Å². The number of hydrogen-bond acceptors (Lipinski definition) is 7. The van der Waals surface area contributed by atoms with E-state index in [2.05, 4.69) is 15.3 Å². The number of amides is 2. The highest BCUT2D eigenvalue weighted by Gasteiger charge is 2.21. The molecule has 3 aromatic rings. The number of piperazine rings is 1. The number of likely N-dealkylation sites (N-methyl/N-ethyl adjacent to an activating group) is 1. The summed E-state index contributed by atoms with van der Waals surface area (Å²) in [6.45, 7) is 2.99. The number of carbonyl (C=O) groups excluding carboxylic acids is 2. The van der Waals surface area contributed by atoms with E-state index < -0.39 is 17.2 Å². The van der Waals surface area contributed by atoms with Crippen LogP contribution < -0.4 is 15.6 Å². The smallest absolute Gasteiger partial charge is 0.279 e. The second-order valence-electron chi connectivity index (χ2n) is 7.93. The predicted octanol–water partition coefficient (Wildman–Crippen LogP) is 1.59. The second kappa shape index (κ2) is 9.75. The van der Waals surface area contributed by atoms with Gasteiger partial charge < -0.3 is 25.0 Å². The highest BCUT2D eigenvalue weighted by atomic mass is 16.5. The first kappa shape index (κ1) is 23.0. The maximum Gasteiger partial charge on any atom is 0.279 e. The summed E-state index contributed by atoms with van der Waals surface area (Å²) in [5.41, 5.74) is 0.314. The molecule has 1 aliphatic heterocycles. The molecule has 1 aromatic heterocycles. The van der Waals surface area contributed by atoms with E-state index in [9.17, 15) is 19.5 Å². The van der Waals surface area contributed by atoms with Crippen LogP contribution in [0, 0.1) is 0 Å². The lowest BCUT2D eigenvalue weighted by molar-refractivity contribution is 0.0664. The normalized spacial score (nSPS) is 14.0. The predicted molar refractivity (Wildman–Crippen MR) is 126 cm³/mol. The third-order valence-electron chi connectivity index (χ3n) is 5.62. The molecule has 0 bridgehead atoms. The van der Waals surface area contributed by atoms with Crippen molar-refractivity contribution >= 4 is 17.5 Å². The van der Waals surface area contributed by atoms with Gasteiger partial charge in [-0.1, -0.05) is 12.1 Å². The molecule has 0 saturated carbocycles. The molecule has 0 spiro atoms. The van der Waals surface area contributed by atoms with Crippen molar-refractivity contribution < 1.29 is 19.4 Å². The number of hydrogen-bond donors (Lipinski definition) is 2. The number of rotatable bonds is 5. The Morgan fingerprint density at radius 2 is 1.71 bits per heavy atom. The minimum atomic E-state index is -0.709. The molecule has 2 amide bonds. The first-order valence-corrected chi connectivity index (χ1v) is 10.7. The van der Waals surface area contributed by atoms with Gasteiger partial charge in [-0.3, -0.25) is 14.4 Å². The number of nitrogens with zero attached hydrogens (tertiary/aromatic N) is 4. The molecule has 0 unspecified atom stereocenters. The van der Waals surface area contributed by atoms with E-state index >= 15 is 0 Å². The standard InChI is InChI=1S/C24H25N5O5/c1-27-11-13-28(14-12-27)24(33)16-7-9-17(10-8-16)25-23(32)22-19(30)15-21(31)29(26-22)18-5-3-4-6-20(18)34-2/h3-10,15,30H,11-14H2,1-2H3,(H,25,32). The number of benzene rings is 2. The topological polar surface area (TPSA) is 117 Å². The lowest BCUT2D eigenvalue weighted by atomic mass is 10.1. The quantitative estimate of drug-likeness (QED) is 0.590. The summed E-state index contributed by atoms with van der Waals surface area (Å²) in [6.07, 6.45) is 0. The zero-order chi connectivity index (χ0) is 24.2. The average Bonchev–Trinajstić information content (AvgIpc) is 2.84. The molecule has 0 atom stereocenters. The van der Waals surface area contributed by atoms with Gasteiger partial charge in [-0.15, -0.1) is 0 Å². The number of para-hydroxylation sites is 2. The van der Waals surface area contributed by atoms with Crippen molar-refractivity contribution in [3.8, 4) is 17.2 Å².